The van der Waals surface area contributed by atoms with Crippen LogP contribution < -0.4 is 19.8 Å². The summed E-state index contributed by atoms with van der Waals surface area (Å²) in [6.07, 6.45) is 2.53. The third-order valence-electron chi connectivity index (χ3n) is 9.99. The average molecular weight is 823 g/mol. The second-order valence-corrected chi connectivity index (χ2v) is 17.5. The topological polar surface area (TPSA) is 144 Å². The van der Waals surface area contributed by atoms with E-state index < -0.39 is 26.5 Å². The Hall–Kier alpha value is -5.48. The number of rotatable bonds is 17. The highest BCUT2D eigenvalue weighted by Gasteiger charge is 2.26. The Morgan fingerprint density at radius 1 is 0.897 bits per heavy atom. The molecule has 0 aliphatic carbocycles. The van der Waals surface area contributed by atoms with Crippen LogP contribution in [-0.2, 0) is 16.6 Å². The fourth-order valence-electron chi connectivity index (χ4n) is 6.71. The predicted octanol–water partition coefficient (Wildman–Crippen LogP) is 6.69. The number of hydrogen-bond donors (Lipinski definition) is 2. The summed E-state index contributed by atoms with van der Waals surface area (Å²) in [6.45, 7) is 4.74. The molecule has 2 heterocycles. The van der Waals surface area contributed by atoms with Crippen LogP contribution in [0.2, 0.25) is 0 Å². The molecule has 5 aromatic rings. The van der Waals surface area contributed by atoms with Gasteiger partial charge >= 0.3 is 0 Å². The van der Waals surface area contributed by atoms with Crippen molar-refractivity contribution in [2.45, 2.75) is 28.8 Å². The normalized spacial score (nSPS) is 13.9. The maximum absolute atomic E-state index is 13.4. The average Bonchev–Trinajstić information content (AvgIpc) is 3.22. The number of nitrogens with zero attached hydrogens (tertiary/aromatic N) is 6. The Morgan fingerprint density at radius 3 is 2.26 bits per heavy atom. The maximum atomic E-state index is 13.4. The number of sulfonamides is 1. The van der Waals surface area contributed by atoms with E-state index in [1.807, 2.05) is 87.8 Å². The van der Waals surface area contributed by atoms with E-state index in [1.54, 1.807) is 23.9 Å². The van der Waals surface area contributed by atoms with Crippen LogP contribution in [0.25, 0.3) is 11.3 Å². The number of nitro groups is 1. The summed E-state index contributed by atoms with van der Waals surface area (Å²) in [7, 11) is 3.53. The van der Waals surface area contributed by atoms with Gasteiger partial charge in [0.1, 0.15) is 5.69 Å². The molecule has 1 saturated heterocycles. The number of piperazine rings is 1. The van der Waals surface area contributed by atoms with E-state index in [9.17, 15) is 23.3 Å². The van der Waals surface area contributed by atoms with Gasteiger partial charge in [-0.05, 0) is 99.4 Å². The zero-order chi connectivity index (χ0) is 41.2. The first-order valence-electron chi connectivity index (χ1n) is 19.1. The van der Waals surface area contributed by atoms with Crippen molar-refractivity contribution in [3.05, 3.63) is 137 Å². The first kappa shape index (κ1) is 42.1. The fourth-order valence-corrected chi connectivity index (χ4v) is 8.70. The van der Waals surface area contributed by atoms with E-state index in [1.165, 1.54) is 17.7 Å². The van der Waals surface area contributed by atoms with Gasteiger partial charge in [-0.3, -0.25) is 24.8 Å². The highest BCUT2D eigenvalue weighted by Crippen LogP contribution is 2.31. The summed E-state index contributed by atoms with van der Waals surface area (Å²) < 4.78 is 28.8. The largest absolute Gasteiger partial charge is 0.378 e. The lowest BCUT2D eigenvalue weighted by Crippen LogP contribution is -2.46. The fraction of sp³-hybridized carbons (Fsp3) is 0.302. The molecule has 0 spiro atoms. The number of nitro benzene ring substituents is 1. The molecule has 6 rings (SSSR count). The molecule has 2 N–H and O–H groups in total. The van der Waals surface area contributed by atoms with Gasteiger partial charge in [0.15, 0.2) is 0 Å². The molecule has 0 unspecified atom stereocenters. The molecule has 1 aliphatic rings. The van der Waals surface area contributed by atoms with Crippen molar-refractivity contribution in [1.29, 1.82) is 0 Å². The van der Waals surface area contributed by atoms with Crippen molar-refractivity contribution in [2.75, 3.05) is 81.8 Å². The molecule has 1 aliphatic heterocycles. The van der Waals surface area contributed by atoms with Crippen molar-refractivity contribution in [2.24, 2.45) is 0 Å². The van der Waals surface area contributed by atoms with E-state index in [2.05, 4.69) is 55.1 Å². The van der Waals surface area contributed by atoms with Crippen molar-refractivity contribution in [3.63, 3.8) is 0 Å². The minimum Gasteiger partial charge on any atom is -0.378 e. The van der Waals surface area contributed by atoms with E-state index >= 15 is 0 Å². The number of anilines is 3. The summed E-state index contributed by atoms with van der Waals surface area (Å²) >= 11 is 1.63. The second-order valence-electron chi connectivity index (χ2n) is 14.7. The molecule has 0 bridgehead atoms. The molecule has 15 heteroatoms. The van der Waals surface area contributed by atoms with Gasteiger partial charge in [-0.1, -0.05) is 36.4 Å². The van der Waals surface area contributed by atoms with E-state index in [0.29, 0.717) is 12.2 Å². The molecule has 1 amide bonds. The molecule has 0 saturated carbocycles. The molecule has 13 nitrogen and oxygen atoms in total. The van der Waals surface area contributed by atoms with Crippen LogP contribution in [0.15, 0.2) is 125 Å². The van der Waals surface area contributed by atoms with Crippen molar-refractivity contribution in [3.8, 4) is 11.3 Å². The Morgan fingerprint density at radius 2 is 1.60 bits per heavy atom. The molecular weight excluding hydrogens is 773 g/mol. The highest BCUT2D eigenvalue weighted by molar-refractivity contribution is 7.99. The molecule has 0 radical (unpaired) electrons. The summed E-state index contributed by atoms with van der Waals surface area (Å²) in [5.74, 6) is -0.188. The monoisotopic (exact) mass is 822 g/mol. The quantitative estimate of drug-likeness (QED) is 0.0586. The minimum atomic E-state index is -4.43. The molecule has 58 heavy (non-hydrogen) atoms. The molecule has 1 atom stereocenters. The standard InChI is InChI=1S/C43H50N8O5S2/c1-47(2)24-22-35(31-57-38-10-6-5-7-11-38)45-40-21-20-39(29-41(40)51(53)54)58(55,56)46-43(52)33-14-18-37(19-15-33)50-27-25-49(26-28-50)30-34-9-8-23-44-42(34)32-12-16-36(17-13-32)48(3)4/h5-21,23,29,35,45H,22,24-28,30-31H2,1-4H3,(H,46,52)/t35-/m1/s1. The van der Waals surface area contributed by atoms with E-state index in [4.69, 9.17) is 4.98 Å². The second kappa shape index (κ2) is 19.3. The summed E-state index contributed by atoms with van der Waals surface area (Å²) in [5, 5.41) is 15.5. The Kier molecular flexibility index (Phi) is 14.0. The lowest BCUT2D eigenvalue weighted by Gasteiger charge is -2.36. The molecule has 1 fully saturated rings. The van der Waals surface area contributed by atoms with Gasteiger partial charge in [0.25, 0.3) is 21.6 Å². The van der Waals surface area contributed by atoms with Gasteiger partial charge < -0.3 is 20.0 Å². The number of nitrogens with one attached hydrogen (secondary N) is 2. The van der Waals surface area contributed by atoms with E-state index in [-0.39, 0.29) is 22.2 Å². The number of aromatic nitrogens is 1. The van der Waals surface area contributed by atoms with Crippen LogP contribution >= 0.6 is 11.8 Å². The van der Waals surface area contributed by atoms with Crippen LogP contribution in [0.5, 0.6) is 0 Å². The number of amides is 1. The zero-order valence-corrected chi connectivity index (χ0v) is 34.9. The van der Waals surface area contributed by atoms with Crippen molar-refractivity contribution in [1.82, 2.24) is 19.5 Å². The van der Waals surface area contributed by atoms with Gasteiger partial charge in [-0.2, -0.15) is 0 Å². The SMILES string of the molecule is CN(C)CC[C@H](CSc1ccccc1)Nc1ccc(S(=O)(=O)NC(=O)c2ccc(N3CCN(Cc4cccnc4-c4ccc(N(C)C)cc4)CC3)cc2)cc1[N+](=O)[O-]. The first-order chi connectivity index (χ1) is 27.9. The number of thioether (sulfide) groups is 1. The third kappa shape index (κ3) is 11.1. The van der Waals surface area contributed by atoms with Crippen molar-refractivity contribution >= 4 is 50.4 Å². The lowest BCUT2D eigenvalue weighted by molar-refractivity contribution is -0.384. The van der Waals surface area contributed by atoms with Gasteiger partial charge in [0.05, 0.1) is 15.5 Å². The maximum Gasteiger partial charge on any atom is 0.293 e. The summed E-state index contributed by atoms with van der Waals surface area (Å²) in [5.41, 5.74) is 5.25. The van der Waals surface area contributed by atoms with Crippen molar-refractivity contribution < 1.29 is 18.1 Å². The Labute approximate surface area is 345 Å². The number of pyridine rings is 1. The molecule has 4 aromatic carbocycles. The van der Waals surface area contributed by atoms with Gasteiger partial charge in [0, 0.05) is 98.3 Å². The van der Waals surface area contributed by atoms with Gasteiger partial charge in [-0.15, -0.1) is 11.8 Å². The van der Waals surface area contributed by atoms with Gasteiger partial charge in [-0.25, -0.2) is 13.1 Å². The predicted molar refractivity (Wildman–Crippen MR) is 233 cm³/mol. The highest BCUT2D eigenvalue weighted by atomic mass is 32.2. The minimum absolute atomic E-state index is 0.141. The van der Waals surface area contributed by atoms with Crippen LogP contribution in [0, 0.1) is 10.1 Å². The first-order valence-corrected chi connectivity index (χ1v) is 21.6. The van der Waals surface area contributed by atoms with E-state index in [0.717, 1.165) is 72.9 Å². The molecular formula is C43H50N8O5S2. The van der Waals surface area contributed by atoms with Crippen LogP contribution in [0.4, 0.5) is 22.7 Å². The van der Waals surface area contributed by atoms with Crippen LogP contribution in [0.1, 0.15) is 22.3 Å². The van der Waals surface area contributed by atoms with Gasteiger partial charge in [0.2, 0.25) is 0 Å². The summed E-state index contributed by atoms with van der Waals surface area (Å²) in [4.78, 5) is 38.9. The van der Waals surface area contributed by atoms with Crippen LogP contribution in [0.3, 0.4) is 0 Å². The number of carbonyl (C=O) groups excluding carboxylic acids is 1. The summed E-state index contributed by atoms with van der Waals surface area (Å²) in [6, 6.07) is 32.7. The molecule has 1 aromatic heterocycles. The van der Waals surface area contributed by atoms with Crippen LogP contribution in [-0.4, -0.2) is 107 Å². The Bertz CT molecular complexity index is 2270. The number of benzene rings is 4. The lowest BCUT2D eigenvalue weighted by atomic mass is 10.0. The molecule has 304 valence electrons. The number of carbonyl (C=O) groups is 1. The number of hydrogen-bond acceptors (Lipinski definition) is 12. The zero-order valence-electron chi connectivity index (χ0n) is 33.2. The Balaban J connectivity index is 1.05. The third-order valence-corrected chi connectivity index (χ3v) is 12.5. The smallest absolute Gasteiger partial charge is 0.293 e.